The Morgan fingerprint density at radius 2 is 1.83 bits per heavy atom. The van der Waals surface area contributed by atoms with Crippen molar-refractivity contribution in [2.75, 3.05) is 25.5 Å². The maximum Gasteiger partial charge on any atom is 0.254 e. The quantitative estimate of drug-likeness (QED) is 0.819. The van der Waals surface area contributed by atoms with Gasteiger partial charge in [-0.2, -0.15) is 0 Å². The van der Waals surface area contributed by atoms with Crippen LogP contribution in [0.1, 0.15) is 27.4 Å². The second-order valence-electron chi connectivity index (χ2n) is 6.05. The first-order valence-corrected chi connectivity index (χ1v) is 8.40. The van der Waals surface area contributed by atoms with E-state index < -0.39 is 0 Å². The Hall–Kier alpha value is -1.85. The number of aryl methyl sites for hydroxylation is 1. The van der Waals surface area contributed by atoms with E-state index in [0.29, 0.717) is 35.1 Å². The zero-order valence-electron chi connectivity index (χ0n) is 13.8. The van der Waals surface area contributed by atoms with E-state index in [0.717, 1.165) is 22.9 Å². The van der Waals surface area contributed by atoms with Gasteiger partial charge < -0.3 is 9.80 Å². The molecule has 0 fully saturated rings. The van der Waals surface area contributed by atoms with Gasteiger partial charge in [-0.1, -0.05) is 23.2 Å². The second kappa shape index (κ2) is 6.57. The molecule has 0 saturated heterocycles. The highest BCUT2D eigenvalue weighted by Crippen LogP contribution is 2.27. The fourth-order valence-electron chi connectivity index (χ4n) is 2.92. The molecule has 3 rings (SSSR count). The summed E-state index contributed by atoms with van der Waals surface area (Å²) < 4.78 is 0. The molecule has 0 bridgehead atoms. The van der Waals surface area contributed by atoms with Crippen LogP contribution in [0.15, 0.2) is 18.2 Å². The number of fused-ring (bicyclic) bond motifs is 1. The molecule has 1 aromatic heterocycles. The van der Waals surface area contributed by atoms with E-state index in [1.807, 2.05) is 25.9 Å². The van der Waals surface area contributed by atoms with Crippen LogP contribution in [0.3, 0.4) is 0 Å². The molecule has 0 aliphatic carbocycles. The summed E-state index contributed by atoms with van der Waals surface area (Å²) in [5.41, 5.74) is 2.51. The standard InChI is InChI=1S/C17H18Cl2N4O/c1-10-20-15-4-5-23(9-14(15)16(21-10)22(2)3)17(24)11-6-12(18)8-13(19)7-11/h6-8H,4-5,9H2,1-3H3. The highest BCUT2D eigenvalue weighted by Gasteiger charge is 2.26. The van der Waals surface area contributed by atoms with Crippen molar-refractivity contribution in [3.8, 4) is 0 Å². The number of halogens is 2. The Kier molecular flexibility index (Phi) is 4.65. The number of carbonyl (C=O) groups excluding carboxylic acids is 1. The number of carbonyl (C=O) groups is 1. The molecule has 2 aromatic rings. The molecule has 0 unspecified atom stereocenters. The molecule has 2 heterocycles. The van der Waals surface area contributed by atoms with Gasteiger partial charge in [0, 0.05) is 48.2 Å². The Bertz CT molecular complexity index is 787. The summed E-state index contributed by atoms with van der Waals surface area (Å²) in [5, 5.41) is 0.910. The summed E-state index contributed by atoms with van der Waals surface area (Å²) >= 11 is 12.0. The van der Waals surface area contributed by atoms with Crippen molar-refractivity contribution in [3.05, 3.63) is 50.9 Å². The molecule has 0 N–H and O–H groups in total. The van der Waals surface area contributed by atoms with Crippen molar-refractivity contribution < 1.29 is 4.79 Å². The van der Waals surface area contributed by atoms with Gasteiger partial charge in [0.2, 0.25) is 0 Å². The predicted octanol–water partition coefficient (Wildman–Crippen LogP) is 3.36. The van der Waals surface area contributed by atoms with E-state index in [-0.39, 0.29) is 5.91 Å². The van der Waals surface area contributed by atoms with Gasteiger partial charge in [0.05, 0.1) is 12.2 Å². The number of rotatable bonds is 2. The highest BCUT2D eigenvalue weighted by atomic mass is 35.5. The second-order valence-corrected chi connectivity index (χ2v) is 6.92. The van der Waals surface area contributed by atoms with Gasteiger partial charge in [-0.15, -0.1) is 0 Å². The number of amides is 1. The van der Waals surface area contributed by atoms with Gasteiger partial charge in [0.15, 0.2) is 0 Å². The maximum atomic E-state index is 12.8. The number of hydrogen-bond donors (Lipinski definition) is 0. The van der Waals surface area contributed by atoms with Gasteiger partial charge >= 0.3 is 0 Å². The third-order valence-corrected chi connectivity index (χ3v) is 4.41. The van der Waals surface area contributed by atoms with Gasteiger partial charge in [0.1, 0.15) is 11.6 Å². The smallest absolute Gasteiger partial charge is 0.254 e. The summed E-state index contributed by atoms with van der Waals surface area (Å²) in [6.07, 6.45) is 0.708. The zero-order valence-corrected chi connectivity index (χ0v) is 15.3. The summed E-state index contributed by atoms with van der Waals surface area (Å²) in [4.78, 5) is 25.6. The van der Waals surface area contributed by atoms with Crippen molar-refractivity contribution in [1.29, 1.82) is 0 Å². The Morgan fingerprint density at radius 1 is 1.17 bits per heavy atom. The van der Waals surface area contributed by atoms with Crippen LogP contribution in [-0.2, 0) is 13.0 Å². The molecule has 0 atom stereocenters. The van der Waals surface area contributed by atoms with Gasteiger partial charge in [-0.3, -0.25) is 4.79 Å². The fourth-order valence-corrected chi connectivity index (χ4v) is 3.45. The topological polar surface area (TPSA) is 49.3 Å². The van der Waals surface area contributed by atoms with E-state index in [1.165, 1.54) is 0 Å². The molecule has 24 heavy (non-hydrogen) atoms. The lowest BCUT2D eigenvalue weighted by molar-refractivity contribution is 0.0733. The number of anilines is 1. The maximum absolute atomic E-state index is 12.8. The third kappa shape index (κ3) is 3.32. The molecule has 7 heteroatoms. The van der Waals surface area contributed by atoms with Crippen LogP contribution in [0.5, 0.6) is 0 Å². The average molecular weight is 365 g/mol. The minimum absolute atomic E-state index is 0.0877. The van der Waals surface area contributed by atoms with Crippen molar-refractivity contribution in [1.82, 2.24) is 14.9 Å². The van der Waals surface area contributed by atoms with Crippen LogP contribution in [0.2, 0.25) is 10.0 Å². The molecular formula is C17H18Cl2N4O. The third-order valence-electron chi connectivity index (χ3n) is 3.97. The molecular weight excluding hydrogens is 347 g/mol. The van der Waals surface area contributed by atoms with Crippen molar-refractivity contribution in [3.63, 3.8) is 0 Å². The minimum Gasteiger partial charge on any atom is -0.362 e. The summed E-state index contributed by atoms with van der Waals surface area (Å²) in [5.74, 6) is 1.52. The fraction of sp³-hybridized carbons (Fsp3) is 0.353. The number of nitrogens with zero attached hydrogens (tertiary/aromatic N) is 4. The lowest BCUT2D eigenvalue weighted by atomic mass is 10.0. The molecule has 126 valence electrons. The lowest BCUT2D eigenvalue weighted by Crippen LogP contribution is -2.37. The number of hydrogen-bond acceptors (Lipinski definition) is 4. The minimum atomic E-state index is -0.0877. The normalized spacial score (nSPS) is 13.6. The van der Waals surface area contributed by atoms with E-state index in [4.69, 9.17) is 23.2 Å². The highest BCUT2D eigenvalue weighted by molar-refractivity contribution is 6.35. The van der Waals surface area contributed by atoms with Crippen LogP contribution >= 0.6 is 23.2 Å². The molecule has 5 nitrogen and oxygen atoms in total. The molecule has 1 aliphatic heterocycles. The summed E-state index contributed by atoms with van der Waals surface area (Å²) in [6.45, 7) is 2.98. The zero-order chi connectivity index (χ0) is 17.4. The monoisotopic (exact) mass is 364 g/mol. The molecule has 0 spiro atoms. The largest absolute Gasteiger partial charge is 0.362 e. The van der Waals surface area contributed by atoms with Crippen LogP contribution in [-0.4, -0.2) is 41.4 Å². The van der Waals surface area contributed by atoms with Crippen molar-refractivity contribution in [2.45, 2.75) is 19.9 Å². The van der Waals surface area contributed by atoms with Crippen LogP contribution in [0, 0.1) is 6.92 Å². The van der Waals surface area contributed by atoms with Gasteiger partial charge in [-0.05, 0) is 25.1 Å². The molecule has 0 saturated carbocycles. The summed E-state index contributed by atoms with van der Waals surface area (Å²) in [7, 11) is 3.89. The van der Waals surface area contributed by atoms with Gasteiger partial charge in [-0.25, -0.2) is 9.97 Å². The van der Waals surface area contributed by atoms with Gasteiger partial charge in [0.25, 0.3) is 5.91 Å². The lowest BCUT2D eigenvalue weighted by Gasteiger charge is -2.31. The van der Waals surface area contributed by atoms with Crippen molar-refractivity contribution >= 4 is 34.9 Å². The van der Waals surface area contributed by atoms with E-state index in [9.17, 15) is 4.79 Å². The number of aromatic nitrogens is 2. The Morgan fingerprint density at radius 3 is 2.46 bits per heavy atom. The van der Waals surface area contributed by atoms with E-state index in [1.54, 1.807) is 23.1 Å². The Labute approximate surface area is 151 Å². The number of benzene rings is 1. The summed E-state index contributed by atoms with van der Waals surface area (Å²) in [6, 6.07) is 4.90. The van der Waals surface area contributed by atoms with Crippen molar-refractivity contribution in [2.24, 2.45) is 0 Å². The van der Waals surface area contributed by atoms with Crippen LogP contribution < -0.4 is 4.90 Å². The van der Waals surface area contributed by atoms with Crippen LogP contribution in [0.25, 0.3) is 0 Å². The molecule has 1 aliphatic rings. The van der Waals surface area contributed by atoms with Crippen LogP contribution in [0.4, 0.5) is 5.82 Å². The Balaban J connectivity index is 1.93. The SMILES string of the molecule is Cc1nc2c(c(N(C)C)n1)CN(C(=O)c1cc(Cl)cc(Cl)c1)CC2. The molecule has 1 aromatic carbocycles. The average Bonchev–Trinajstić information content (AvgIpc) is 2.51. The molecule has 1 amide bonds. The first-order valence-electron chi connectivity index (χ1n) is 7.64. The van der Waals surface area contributed by atoms with E-state index >= 15 is 0 Å². The van der Waals surface area contributed by atoms with E-state index in [2.05, 4.69) is 9.97 Å². The molecule has 0 radical (unpaired) electrons. The first-order chi connectivity index (χ1) is 11.3. The first kappa shape index (κ1) is 17.0. The predicted molar refractivity (Wildman–Crippen MR) is 96.0 cm³/mol.